The van der Waals surface area contributed by atoms with E-state index in [1.54, 1.807) is 0 Å². The zero-order valence-electron chi connectivity index (χ0n) is 25.1. The van der Waals surface area contributed by atoms with Gasteiger partial charge in [-0.05, 0) is 89.9 Å². The Labute approximate surface area is 247 Å². The first-order valence-electron chi connectivity index (χ1n) is 14.8. The van der Waals surface area contributed by atoms with Crippen LogP contribution in [0.15, 0.2) is 162 Å². The summed E-state index contributed by atoms with van der Waals surface area (Å²) in [4.78, 5) is 2.32. The van der Waals surface area contributed by atoms with Crippen molar-refractivity contribution < 1.29 is 0 Å². The highest BCUT2D eigenvalue weighted by molar-refractivity contribution is 5.66. The number of allylic oxidation sites excluding steroid dienone is 13. The molecule has 0 saturated carbocycles. The first-order chi connectivity index (χ1) is 20.0. The summed E-state index contributed by atoms with van der Waals surface area (Å²) in [5.41, 5.74) is 9.44. The molecule has 2 heteroatoms. The fourth-order valence-electron chi connectivity index (χ4n) is 5.06. The van der Waals surface area contributed by atoms with Crippen LogP contribution in [0.4, 0.5) is 5.69 Å². The molecule has 2 atom stereocenters. The van der Waals surface area contributed by atoms with Crippen LogP contribution in [0.2, 0.25) is 0 Å². The van der Waals surface area contributed by atoms with E-state index in [-0.39, 0.29) is 0 Å². The van der Waals surface area contributed by atoms with Gasteiger partial charge in [0.1, 0.15) is 0 Å². The van der Waals surface area contributed by atoms with Crippen molar-refractivity contribution in [2.45, 2.75) is 46.1 Å². The second kappa shape index (κ2) is 14.9. The van der Waals surface area contributed by atoms with E-state index in [0.29, 0.717) is 12.0 Å². The van der Waals surface area contributed by atoms with E-state index in [2.05, 4.69) is 172 Å². The van der Waals surface area contributed by atoms with E-state index in [0.717, 1.165) is 41.7 Å². The first kappa shape index (κ1) is 29.7. The van der Waals surface area contributed by atoms with Gasteiger partial charge in [0.25, 0.3) is 0 Å². The number of hydrogen-bond donors (Lipinski definition) is 1. The van der Waals surface area contributed by atoms with Gasteiger partial charge in [0.15, 0.2) is 0 Å². The van der Waals surface area contributed by atoms with Crippen LogP contribution in [-0.2, 0) is 0 Å². The van der Waals surface area contributed by atoms with Gasteiger partial charge >= 0.3 is 0 Å². The molecule has 1 aliphatic heterocycles. The Bertz CT molecular complexity index is 1420. The Balaban J connectivity index is 1.68. The summed E-state index contributed by atoms with van der Waals surface area (Å²) in [6.45, 7) is 10.9. The molecule has 2 unspecified atom stereocenters. The minimum atomic E-state index is 0.388. The molecule has 2 aliphatic rings. The lowest BCUT2D eigenvalue weighted by Gasteiger charge is -2.28. The summed E-state index contributed by atoms with van der Waals surface area (Å²) < 4.78 is 0. The number of fused-ring (bicyclic) bond motifs is 2. The lowest BCUT2D eigenvalue weighted by atomic mass is 9.86. The van der Waals surface area contributed by atoms with Crippen LogP contribution in [-0.4, -0.2) is 18.0 Å². The Kier molecular flexibility index (Phi) is 10.8. The lowest BCUT2D eigenvalue weighted by Crippen LogP contribution is -2.27. The second-order valence-corrected chi connectivity index (χ2v) is 10.7. The molecule has 210 valence electrons. The molecule has 1 aliphatic carbocycles. The summed E-state index contributed by atoms with van der Waals surface area (Å²) in [6.07, 6.45) is 29.7. The van der Waals surface area contributed by atoms with Crippen molar-refractivity contribution in [3.8, 4) is 11.1 Å². The molecule has 0 spiro atoms. The molecule has 0 saturated heterocycles. The predicted octanol–water partition coefficient (Wildman–Crippen LogP) is 10.3. The summed E-state index contributed by atoms with van der Waals surface area (Å²) in [6, 6.07) is 19.5. The summed E-state index contributed by atoms with van der Waals surface area (Å²) in [5.74, 6) is 0.388. The van der Waals surface area contributed by atoms with E-state index in [1.165, 1.54) is 22.3 Å². The molecule has 0 aromatic heterocycles. The van der Waals surface area contributed by atoms with Gasteiger partial charge in [0.2, 0.25) is 0 Å². The topological polar surface area (TPSA) is 15.3 Å². The lowest BCUT2D eigenvalue weighted by molar-refractivity contribution is 0.373. The van der Waals surface area contributed by atoms with E-state index in [4.69, 9.17) is 0 Å². The van der Waals surface area contributed by atoms with E-state index < -0.39 is 0 Å². The molecule has 1 heterocycles. The minimum Gasteiger partial charge on any atom is -0.374 e. The monoisotopic (exact) mass is 540 g/mol. The van der Waals surface area contributed by atoms with Gasteiger partial charge in [-0.2, -0.15) is 0 Å². The van der Waals surface area contributed by atoms with Crippen molar-refractivity contribution in [2.24, 2.45) is 5.92 Å². The normalized spacial score (nSPS) is 21.6. The van der Waals surface area contributed by atoms with Gasteiger partial charge in [0, 0.05) is 18.9 Å². The Morgan fingerprint density at radius 1 is 1.02 bits per heavy atom. The average molecular weight is 541 g/mol. The van der Waals surface area contributed by atoms with Gasteiger partial charge in [0.05, 0.1) is 6.04 Å². The van der Waals surface area contributed by atoms with Gasteiger partial charge < -0.3 is 10.2 Å². The number of nitrogens with zero attached hydrogens (tertiary/aromatic N) is 1. The van der Waals surface area contributed by atoms with Crippen molar-refractivity contribution in [1.82, 2.24) is 4.90 Å². The van der Waals surface area contributed by atoms with Crippen LogP contribution >= 0.6 is 0 Å². The van der Waals surface area contributed by atoms with Crippen LogP contribution in [0.1, 0.15) is 40.0 Å². The van der Waals surface area contributed by atoms with E-state index in [1.807, 2.05) is 0 Å². The number of hydrogen-bond acceptors (Lipinski definition) is 2. The van der Waals surface area contributed by atoms with Crippen molar-refractivity contribution in [2.75, 3.05) is 12.4 Å². The number of likely N-dealkylation sites (N-methyl/N-ethyl adjacent to an activating group) is 1. The Hall–Kier alpha value is -4.30. The van der Waals surface area contributed by atoms with E-state index in [9.17, 15) is 0 Å². The zero-order chi connectivity index (χ0) is 29.0. The van der Waals surface area contributed by atoms with Crippen molar-refractivity contribution in [3.63, 3.8) is 0 Å². The zero-order valence-corrected chi connectivity index (χ0v) is 25.1. The maximum atomic E-state index is 4.34. The molecule has 0 amide bonds. The highest BCUT2D eigenvalue weighted by atomic mass is 15.1. The second-order valence-electron chi connectivity index (χ2n) is 10.7. The van der Waals surface area contributed by atoms with Gasteiger partial charge in [-0.25, -0.2) is 0 Å². The summed E-state index contributed by atoms with van der Waals surface area (Å²) in [5, 5.41) is 3.57. The molecule has 2 aromatic carbocycles. The van der Waals surface area contributed by atoms with Crippen molar-refractivity contribution in [1.29, 1.82) is 0 Å². The first-order valence-corrected chi connectivity index (χ1v) is 14.8. The fourth-order valence-corrected chi connectivity index (χ4v) is 5.06. The molecule has 2 aromatic rings. The third-order valence-electron chi connectivity index (χ3n) is 7.81. The number of anilines is 1. The SMILES string of the molecule is C=C(\C=C/C(=C\Nc1ccc(-c2ccccc2)cc1)C1=C/C(CC)C2=CC=CC(C2)N(C)/C=C\1)/C(C)=C/C=C\CC. The molecule has 41 heavy (non-hydrogen) atoms. The third kappa shape index (κ3) is 8.35. The minimum absolute atomic E-state index is 0.388. The quantitative estimate of drug-likeness (QED) is 0.302. The maximum absolute atomic E-state index is 4.34. The van der Waals surface area contributed by atoms with Crippen LogP contribution in [0.5, 0.6) is 0 Å². The molecular formula is C39H44N2. The van der Waals surface area contributed by atoms with Crippen LogP contribution in [0.3, 0.4) is 0 Å². The third-order valence-corrected chi connectivity index (χ3v) is 7.81. The van der Waals surface area contributed by atoms with Crippen molar-refractivity contribution in [3.05, 3.63) is 162 Å². The number of benzene rings is 2. The van der Waals surface area contributed by atoms with Gasteiger partial charge in [-0.3, -0.25) is 0 Å². The number of nitrogens with one attached hydrogen (secondary N) is 1. The number of rotatable bonds is 10. The fraction of sp³-hybridized carbons (Fsp3) is 0.231. The molecule has 0 radical (unpaired) electrons. The van der Waals surface area contributed by atoms with Crippen LogP contribution in [0, 0.1) is 5.92 Å². The van der Waals surface area contributed by atoms with Crippen LogP contribution < -0.4 is 5.32 Å². The molecule has 2 nitrogen and oxygen atoms in total. The predicted molar refractivity (Wildman–Crippen MR) is 179 cm³/mol. The van der Waals surface area contributed by atoms with Crippen LogP contribution in [0.25, 0.3) is 11.1 Å². The average Bonchev–Trinajstić information content (AvgIpc) is 3.05. The smallest absolute Gasteiger partial charge is 0.0504 e. The highest BCUT2D eigenvalue weighted by Gasteiger charge is 2.21. The Morgan fingerprint density at radius 3 is 2.51 bits per heavy atom. The molecular weight excluding hydrogens is 496 g/mol. The van der Waals surface area contributed by atoms with Crippen molar-refractivity contribution >= 4 is 5.69 Å². The standard InChI is InChI=1S/C39H44N2/c1-6-8-10-14-30(3)31(4)19-20-37(29-40-38-23-21-34(22-24-38)33-15-11-9-12-16-33)36-25-26-41(5)39-18-13-17-35(28-39)32(7-2)27-36/h8-27,29,32,39-40H,4,6-7,28H2,1-3,5H3/b10-8-,20-19-,26-25-,30-14+,36-27+,37-29+. The summed E-state index contributed by atoms with van der Waals surface area (Å²) in [7, 11) is 2.17. The Morgan fingerprint density at radius 2 is 1.78 bits per heavy atom. The van der Waals surface area contributed by atoms with E-state index >= 15 is 0 Å². The largest absolute Gasteiger partial charge is 0.374 e. The molecule has 2 bridgehead atoms. The molecule has 4 rings (SSSR count). The molecule has 1 N–H and O–H groups in total. The van der Waals surface area contributed by atoms with Gasteiger partial charge in [-0.15, -0.1) is 0 Å². The highest BCUT2D eigenvalue weighted by Crippen LogP contribution is 2.31. The molecule has 0 fully saturated rings. The maximum Gasteiger partial charge on any atom is 0.0504 e. The van der Waals surface area contributed by atoms with Gasteiger partial charge in [-0.1, -0.05) is 123 Å². The summed E-state index contributed by atoms with van der Waals surface area (Å²) >= 11 is 0.